The van der Waals surface area contributed by atoms with E-state index in [1.54, 1.807) is 0 Å². The summed E-state index contributed by atoms with van der Waals surface area (Å²) in [5.74, 6) is 0.735. The molecule has 1 aromatic rings. The van der Waals surface area contributed by atoms with Gasteiger partial charge in [-0.3, -0.25) is 9.59 Å². The van der Waals surface area contributed by atoms with E-state index in [0.29, 0.717) is 18.8 Å². The molecule has 0 radical (unpaired) electrons. The average molecular weight is 272 g/mol. The number of rotatable bonds is 3. The quantitative estimate of drug-likeness (QED) is 0.888. The van der Waals surface area contributed by atoms with Crippen LogP contribution in [0.3, 0.4) is 0 Å². The van der Waals surface area contributed by atoms with E-state index in [0.717, 1.165) is 23.4 Å². The highest BCUT2D eigenvalue weighted by atomic mass is 16.2. The molecule has 2 aliphatic rings. The van der Waals surface area contributed by atoms with E-state index in [2.05, 4.69) is 10.6 Å². The number of aryl methyl sites for hydroxylation is 1. The third-order valence-corrected chi connectivity index (χ3v) is 4.23. The predicted molar refractivity (Wildman–Crippen MR) is 78.6 cm³/mol. The van der Waals surface area contributed by atoms with Gasteiger partial charge in [-0.1, -0.05) is 12.8 Å². The first-order valence-corrected chi connectivity index (χ1v) is 7.43. The fourth-order valence-electron chi connectivity index (χ4n) is 3.15. The molecule has 1 aromatic carbocycles. The first kappa shape index (κ1) is 13.2. The topological polar surface area (TPSA) is 58.2 Å². The molecular weight excluding hydrogens is 252 g/mol. The van der Waals surface area contributed by atoms with Gasteiger partial charge in [-0.05, 0) is 48.9 Å². The van der Waals surface area contributed by atoms with Gasteiger partial charge in [0.2, 0.25) is 11.8 Å². The lowest BCUT2D eigenvalue weighted by molar-refractivity contribution is -0.117. The van der Waals surface area contributed by atoms with E-state index in [9.17, 15) is 9.59 Å². The van der Waals surface area contributed by atoms with E-state index in [1.807, 2.05) is 18.2 Å². The lowest BCUT2D eigenvalue weighted by atomic mass is 10.0. The van der Waals surface area contributed by atoms with Crippen molar-refractivity contribution in [2.24, 2.45) is 5.92 Å². The molecule has 4 nitrogen and oxygen atoms in total. The molecule has 1 heterocycles. The Balaban J connectivity index is 1.62. The van der Waals surface area contributed by atoms with Crippen LogP contribution in [-0.4, -0.2) is 11.8 Å². The number of carbonyl (C=O) groups is 2. The van der Waals surface area contributed by atoms with E-state index >= 15 is 0 Å². The minimum Gasteiger partial charge on any atom is -0.326 e. The van der Waals surface area contributed by atoms with Crippen LogP contribution < -0.4 is 10.6 Å². The van der Waals surface area contributed by atoms with Crippen molar-refractivity contribution in [1.29, 1.82) is 0 Å². The monoisotopic (exact) mass is 272 g/mol. The minimum atomic E-state index is 0.0653. The summed E-state index contributed by atoms with van der Waals surface area (Å²) in [7, 11) is 0. The van der Waals surface area contributed by atoms with Crippen molar-refractivity contribution in [2.75, 3.05) is 10.6 Å². The highest BCUT2D eigenvalue weighted by molar-refractivity contribution is 5.95. The van der Waals surface area contributed by atoms with Crippen LogP contribution in [0.2, 0.25) is 0 Å². The number of amides is 2. The molecule has 4 heteroatoms. The van der Waals surface area contributed by atoms with Crippen molar-refractivity contribution < 1.29 is 9.59 Å². The van der Waals surface area contributed by atoms with Crippen molar-refractivity contribution in [2.45, 2.75) is 44.9 Å². The Morgan fingerprint density at radius 3 is 2.85 bits per heavy atom. The maximum absolute atomic E-state index is 12.0. The van der Waals surface area contributed by atoms with Gasteiger partial charge in [0, 0.05) is 24.2 Å². The van der Waals surface area contributed by atoms with E-state index < -0.39 is 0 Å². The van der Waals surface area contributed by atoms with Crippen LogP contribution >= 0.6 is 0 Å². The van der Waals surface area contributed by atoms with Crippen molar-refractivity contribution in [1.82, 2.24) is 0 Å². The molecular formula is C16H20N2O2. The lowest BCUT2D eigenvalue weighted by Gasteiger charge is -2.18. The molecule has 0 bridgehead atoms. The lowest BCUT2D eigenvalue weighted by Crippen LogP contribution is -2.20. The van der Waals surface area contributed by atoms with Gasteiger partial charge >= 0.3 is 0 Å². The Hall–Kier alpha value is -1.84. The number of carbonyl (C=O) groups excluding carboxylic acids is 2. The third-order valence-electron chi connectivity index (χ3n) is 4.23. The Morgan fingerprint density at radius 1 is 1.25 bits per heavy atom. The number of hydrogen-bond donors (Lipinski definition) is 2. The SMILES string of the molecule is O=C(CC1CCCC1)Nc1ccc2c(c1)CCC(=O)N2. The fraction of sp³-hybridized carbons (Fsp3) is 0.500. The van der Waals surface area contributed by atoms with Gasteiger partial charge in [-0.25, -0.2) is 0 Å². The number of anilines is 2. The number of benzene rings is 1. The first-order valence-electron chi connectivity index (χ1n) is 7.43. The summed E-state index contributed by atoms with van der Waals surface area (Å²) in [6.07, 6.45) is 6.79. The third kappa shape index (κ3) is 3.00. The van der Waals surface area contributed by atoms with Crippen LogP contribution in [0.4, 0.5) is 11.4 Å². The molecule has 0 spiro atoms. The predicted octanol–water partition coefficient (Wildman–Crippen LogP) is 3.09. The number of nitrogens with one attached hydrogen (secondary N) is 2. The first-order chi connectivity index (χ1) is 9.70. The second kappa shape index (κ2) is 5.65. The van der Waals surface area contributed by atoms with Crippen molar-refractivity contribution in [3.63, 3.8) is 0 Å². The molecule has 1 saturated carbocycles. The van der Waals surface area contributed by atoms with Crippen molar-refractivity contribution in [3.8, 4) is 0 Å². The van der Waals surface area contributed by atoms with Crippen molar-refractivity contribution in [3.05, 3.63) is 23.8 Å². The zero-order chi connectivity index (χ0) is 13.9. The van der Waals surface area contributed by atoms with Gasteiger partial charge in [0.15, 0.2) is 0 Å². The van der Waals surface area contributed by atoms with Crippen LogP contribution in [0, 0.1) is 5.92 Å². The molecule has 2 amide bonds. The summed E-state index contributed by atoms with van der Waals surface area (Å²) in [6.45, 7) is 0. The van der Waals surface area contributed by atoms with Crippen LogP contribution in [0.5, 0.6) is 0 Å². The molecule has 0 unspecified atom stereocenters. The number of fused-ring (bicyclic) bond motifs is 1. The van der Waals surface area contributed by atoms with Gasteiger partial charge in [0.25, 0.3) is 0 Å². The highest BCUT2D eigenvalue weighted by Crippen LogP contribution is 2.29. The molecule has 0 saturated heterocycles. The van der Waals surface area contributed by atoms with Gasteiger partial charge < -0.3 is 10.6 Å². The second-order valence-electron chi connectivity index (χ2n) is 5.82. The Morgan fingerprint density at radius 2 is 2.05 bits per heavy atom. The van der Waals surface area contributed by atoms with Crippen LogP contribution in [0.1, 0.15) is 44.1 Å². The zero-order valence-corrected chi connectivity index (χ0v) is 11.6. The molecule has 0 aromatic heterocycles. The van der Waals surface area contributed by atoms with E-state index in [-0.39, 0.29) is 11.8 Å². The molecule has 1 aliphatic heterocycles. The van der Waals surface area contributed by atoms with Gasteiger partial charge in [0.05, 0.1) is 0 Å². The van der Waals surface area contributed by atoms with E-state index in [1.165, 1.54) is 25.7 Å². The minimum absolute atomic E-state index is 0.0653. The molecule has 1 fully saturated rings. The summed E-state index contributed by atoms with van der Waals surface area (Å²) in [5.41, 5.74) is 2.81. The average Bonchev–Trinajstić information content (AvgIpc) is 2.91. The largest absolute Gasteiger partial charge is 0.326 e. The second-order valence-corrected chi connectivity index (χ2v) is 5.82. The maximum atomic E-state index is 12.0. The van der Waals surface area contributed by atoms with E-state index in [4.69, 9.17) is 0 Å². The Labute approximate surface area is 118 Å². The summed E-state index contributed by atoms with van der Waals surface area (Å²) in [6, 6.07) is 5.70. The van der Waals surface area contributed by atoms with Crippen LogP contribution in [-0.2, 0) is 16.0 Å². The van der Waals surface area contributed by atoms with Gasteiger partial charge in [0.1, 0.15) is 0 Å². The Kier molecular flexibility index (Phi) is 3.72. The summed E-state index contributed by atoms with van der Waals surface area (Å²) >= 11 is 0. The van der Waals surface area contributed by atoms with Crippen molar-refractivity contribution >= 4 is 23.2 Å². The molecule has 20 heavy (non-hydrogen) atoms. The van der Waals surface area contributed by atoms with Crippen LogP contribution in [0.15, 0.2) is 18.2 Å². The van der Waals surface area contributed by atoms with Gasteiger partial charge in [-0.2, -0.15) is 0 Å². The molecule has 3 rings (SSSR count). The molecule has 2 N–H and O–H groups in total. The smallest absolute Gasteiger partial charge is 0.224 e. The zero-order valence-electron chi connectivity index (χ0n) is 11.6. The summed E-state index contributed by atoms with van der Waals surface area (Å²) < 4.78 is 0. The molecule has 1 aliphatic carbocycles. The number of hydrogen-bond acceptors (Lipinski definition) is 2. The Bertz CT molecular complexity index is 533. The normalized spacial score (nSPS) is 18.5. The maximum Gasteiger partial charge on any atom is 0.224 e. The summed E-state index contributed by atoms with van der Waals surface area (Å²) in [4.78, 5) is 23.3. The highest BCUT2D eigenvalue weighted by Gasteiger charge is 2.19. The summed E-state index contributed by atoms with van der Waals surface area (Å²) in [5, 5.41) is 5.83. The standard InChI is InChI=1S/C16H20N2O2/c19-15-8-5-12-10-13(6-7-14(12)18-15)17-16(20)9-11-3-1-2-4-11/h6-7,10-11H,1-5,8-9H2,(H,17,20)(H,18,19). The molecule has 106 valence electrons. The van der Waals surface area contributed by atoms with Gasteiger partial charge in [-0.15, -0.1) is 0 Å². The molecule has 0 atom stereocenters. The fourth-order valence-corrected chi connectivity index (χ4v) is 3.15. The van der Waals surface area contributed by atoms with Crippen LogP contribution in [0.25, 0.3) is 0 Å².